The smallest absolute Gasteiger partial charge is 0.166 e. The van der Waals surface area contributed by atoms with E-state index < -0.39 is 0 Å². The van der Waals surface area contributed by atoms with Crippen LogP contribution in [0.25, 0.3) is 11.1 Å². The van der Waals surface area contributed by atoms with Crippen LogP contribution in [0.2, 0.25) is 10.0 Å². The zero-order chi connectivity index (χ0) is 18.5. The summed E-state index contributed by atoms with van der Waals surface area (Å²) in [5, 5.41) is 1.10. The number of nitrogen functional groups attached to an aromatic ring is 1. The second-order valence-corrected chi connectivity index (χ2v) is 6.37. The number of anilines is 1. The normalized spacial score (nSPS) is 10.6. The van der Waals surface area contributed by atoms with Crippen molar-refractivity contribution < 1.29 is 9.47 Å². The molecule has 3 aromatic rings. The number of halogens is 2. The van der Waals surface area contributed by atoms with Gasteiger partial charge in [0.15, 0.2) is 11.6 Å². The first-order valence-corrected chi connectivity index (χ1v) is 8.88. The summed E-state index contributed by atoms with van der Waals surface area (Å²) in [6.45, 7) is 2.79. The Balaban J connectivity index is 1.81. The second kappa shape index (κ2) is 8.30. The van der Waals surface area contributed by atoms with Crippen molar-refractivity contribution in [1.82, 2.24) is 4.98 Å². The zero-order valence-corrected chi connectivity index (χ0v) is 15.7. The molecule has 0 saturated carbocycles. The maximum atomic E-state index is 6.18. The van der Waals surface area contributed by atoms with Gasteiger partial charge in [0, 0.05) is 27.4 Å². The van der Waals surface area contributed by atoms with Crippen molar-refractivity contribution >= 4 is 29.0 Å². The quantitative estimate of drug-likeness (QED) is 0.595. The third-order valence-corrected chi connectivity index (χ3v) is 4.52. The van der Waals surface area contributed by atoms with E-state index in [9.17, 15) is 0 Å². The number of hydrogen-bond acceptors (Lipinski definition) is 4. The SMILES string of the molecule is CCOc1ccc(-c2cnc(N)c(OCc3c(Cl)cccc3Cl)c2)cc1. The Morgan fingerprint density at radius 2 is 1.65 bits per heavy atom. The molecule has 0 aliphatic heterocycles. The molecule has 6 heteroatoms. The number of ether oxygens (including phenoxy) is 2. The van der Waals surface area contributed by atoms with Crippen molar-refractivity contribution in [3.63, 3.8) is 0 Å². The molecule has 0 aliphatic rings. The average Bonchev–Trinajstić information content (AvgIpc) is 2.64. The van der Waals surface area contributed by atoms with Crippen LogP contribution >= 0.6 is 23.2 Å². The van der Waals surface area contributed by atoms with Crippen LogP contribution in [0.3, 0.4) is 0 Å². The van der Waals surface area contributed by atoms with E-state index >= 15 is 0 Å². The maximum Gasteiger partial charge on any atom is 0.166 e. The number of benzene rings is 2. The van der Waals surface area contributed by atoms with Gasteiger partial charge < -0.3 is 15.2 Å². The predicted octanol–water partition coefficient (Wildman–Crippen LogP) is 5.62. The molecule has 0 fully saturated rings. The molecule has 2 aromatic carbocycles. The highest BCUT2D eigenvalue weighted by molar-refractivity contribution is 6.35. The lowest BCUT2D eigenvalue weighted by atomic mass is 10.1. The summed E-state index contributed by atoms with van der Waals surface area (Å²) >= 11 is 12.4. The maximum absolute atomic E-state index is 6.18. The lowest BCUT2D eigenvalue weighted by Gasteiger charge is -2.12. The van der Waals surface area contributed by atoms with Gasteiger partial charge in [0.1, 0.15) is 12.4 Å². The van der Waals surface area contributed by atoms with Crippen LogP contribution < -0.4 is 15.2 Å². The molecule has 3 rings (SSSR count). The van der Waals surface area contributed by atoms with Crippen molar-refractivity contribution in [1.29, 1.82) is 0 Å². The molecule has 134 valence electrons. The number of nitrogens with two attached hydrogens (primary N) is 1. The van der Waals surface area contributed by atoms with E-state index in [0.29, 0.717) is 33.8 Å². The Hall–Kier alpha value is -2.43. The molecular formula is C20H18Cl2N2O2. The first-order chi connectivity index (χ1) is 12.6. The lowest BCUT2D eigenvalue weighted by molar-refractivity contribution is 0.307. The van der Waals surface area contributed by atoms with Gasteiger partial charge in [0.05, 0.1) is 6.61 Å². The molecular weight excluding hydrogens is 371 g/mol. The van der Waals surface area contributed by atoms with E-state index in [1.165, 1.54) is 0 Å². The monoisotopic (exact) mass is 388 g/mol. The number of rotatable bonds is 6. The van der Waals surface area contributed by atoms with Crippen LogP contribution in [-0.2, 0) is 6.61 Å². The minimum atomic E-state index is 0.205. The largest absolute Gasteiger partial charge is 0.494 e. The number of nitrogens with zero attached hydrogens (tertiary/aromatic N) is 1. The van der Waals surface area contributed by atoms with E-state index in [1.807, 2.05) is 37.3 Å². The standard InChI is InChI=1S/C20H18Cl2N2O2/c1-2-25-15-8-6-13(7-9-15)14-10-19(20(23)24-11-14)26-12-16-17(21)4-3-5-18(16)22/h3-11H,2,12H2,1H3,(H2,23,24). The van der Waals surface area contributed by atoms with Crippen LogP contribution in [0.5, 0.6) is 11.5 Å². The lowest BCUT2D eigenvalue weighted by Crippen LogP contribution is -2.02. The molecule has 0 spiro atoms. The summed E-state index contributed by atoms with van der Waals surface area (Å²) in [5.74, 6) is 1.61. The molecule has 0 amide bonds. The summed E-state index contributed by atoms with van der Waals surface area (Å²) in [6, 6.07) is 14.9. The number of pyridine rings is 1. The highest BCUT2D eigenvalue weighted by Gasteiger charge is 2.10. The highest BCUT2D eigenvalue weighted by atomic mass is 35.5. The molecule has 0 bridgehead atoms. The predicted molar refractivity (Wildman–Crippen MR) is 106 cm³/mol. The van der Waals surface area contributed by atoms with Crippen LogP contribution in [-0.4, -0.2) is 11.6 Å². The van der Waals surface area contributed by atoms with Gasteiger partial charge in [0.25, 0.3) is 0 Å². The Labute approximate surface area is 162 Å². The average molecular weight is 389 g/mol. The molecule has 0 radical (unpaired) electrons. The van der Waals surface area contributed by atoms with Crippen LogP contribution in [0, 0.1) is 0 Å². The van der Waals surface area contributed by atoms with Gasteiger partial charge in [-0.25, -0.2) is 4.98 Å². The Morgan fingerprint density at radius 3 is 2.31 bits per heavy atom. The molecule has 4 nitrogen and oxygen atoms in total. The molecule has 1 aromatic heterocycles. The first-order valence-electron chi connectivity index (χ1n) is 8.13. The summed E-state index contributed by atoms with van der Waals surface area (Å²) in [4.78, 5) is 4.23. The summed E-state index contributed by atoms with van der Waals surface area (Å²) < 4.78 is 11.3. The molecule has 0 atom stereocenters. The van der Waals surface area contributed by atoms with Crippen LogP contribution in [0.15, 0.2) is 54.7 Å². The third-order valence-electron chi connectivity index (χ3n) is 3.81. The first kappa shape index (κ1) is 18.4. The van der Waals surface area contributed by atoms with Crippen LogP contribution in [0.4, 0.5) is 5.82 Å². The highest BCUT2D eigenvalue weighted by Crippen LogP contribution is 2.31. The third kappa shape index (κ3) is 4.21. The van der Waals surface area contributed by atoms with E-state index in [1.54, 1.807) is 24.4 Å². The molecule has 0 saturated heterocycles. The minimum Gasteiger partial charge on any atom is -0.494 e. The van der Waals surface area contributed by atoms with Gasteiger partial charge >= 0.3 is 0 Å². The van der Waals surface area contributed by atoms with Crippen molar-refractivity contribution in [3.8, 4) is 22.6 Å². The molecule has 2 N–H and O–H groups in total. The van der Waals surface area contributed by atoms with Crippen molar-refractivity contribution in [3.05, 3.63) is 70.3 Å². The molecule has 26 heavy (non-hydrogen) atoms. The fourth-order valence-corrected chi connectivity index (χ4v) is 2.97. The van der Waals surface area contributed by atoms with Gasteiger partial charge in [0.2, 0.25) is 0 Å². The summed E-state index contributed by atoms with van der Waals surface area (Å²) in [7, 11) is 0. The Kier molecular flexibility index (Phi) is 5.86. The minimum absolute atomic E-state index is 0.205. The number of aromatic nitrogens is 1. The Morgan fingerprint density at radius 1 is 0.962 bits per heavy atom. The van der Waals surface area contributed by atoms with Gasteiger partial charge in [-0.15, -0.1) is 0 Å². The van der Waals surface area contributed by atoms with E-state index in [-0.39, 0.29) is 6.61 Å². The van der Waals surface area contributed by atoms with E-state index in [4.69, 9.17) is 38.4 Å². The number of hydrogen-bond donors (Lipinski definition) is 1. The molecule has 0 unspecified atom stereocenters. The topological polar surface area (TPSA) is 57.4 Å². The van der Waals surface area contributed by atoms with Crippen molar-refractivity contribution in [2.45, 2.75) is 13.5 Å². The van der Waals surface area contributed by atoms with Gasteiger partial charge in [-0.2, -0.15) is 0 Å². The van der Waals surface area contributed by atoms with Crippen molar-refractivity contribution in [2.24, 2.45) is 0 Å². The second-order valence-electron chi connectivity index (χ2n) is 5.55. The molecule has 1 heterocycles. The summed E-state index contributed by atoms with van der Waals surface area (Å²) in [6.07, 6.45) is 1.71. The summed E-state index contributed by atoms with van der Waals surface area (Å²) in [5.41, 5.74) is 8.54. The fraction of sp³-hybridized carbons (Fsp3) is 0.150. The van der Waals surface area contributed by atoms with E-state index in [2.05, 4.69) is 4.98 Å². The fourth-order valence-electron chi connectivity index (χ4n) is 2.46. The van der Waals surface area contributed by atoms with Gasteiger partial charge in [-0.05, 0) is 42.8 Å². The van der Waals surface area contributed by atoms with E-state index in [0.717, 1.165) is 16.9 Å². The van der Waals surface area contributed by atoms with Crippen LogP contribution in [0.1, 0.15) is 12.5 Å². The zero-order valence-electron chi connectivity index (χ0n) is 14.2. The van der Waals surface area contributed by atoms with Gasteiger partial charge in [-0.1, -0.05) is 41.4 Å². The Bertz CT molecular complexity index is 879. The van der Waals surface area contributed by atoms with Gasteiger partial charge in [-0.3, -0.25) is 0 Å². The molecule has 0 aliphatic carbocycles. The van der Waals surface area contributed by atoms with Crippen molar-refractivity contribution in [2.75, 3.05) is 12.3 Å².